The zero-order chi connectivity index (χ0) is 98.9. The second-order valence-electron chi connectivity index (χ2n) is 42.6. The van der Waals surface area contributed by atoms with Gasteiger partial charge in [-0.05, 0) is 86.1 Å². The first-order valence-electron chi connectivity index (χ1n) is 61.6. The summed E-state index contributed by atoms with van der Waals surface area (Å²) in [5, 5.41) is 0. The molecule has 0 spiro atoms. The molecule has 0 aliphatic carbocycles. The van der Waals surface area contributed by atoms with E-state index in [-0.39, 0.29) is 0 Å². The van der Waals surface area contributed by atoms with E-state index in [1.807, 2.05) is 0 Å². The molecule has 5 aromatic carbocycles. The van der Waals surface area contributed by atoms with Gasteiger partial charge in [0.15, 0.2) is 0 Å². The van der Waals surface area contributed by atoms with Crippen LogP contribution in [0.2, 0.25) is 0 Å². The van der Waals surface area contributed by atoms with Crippen molar-refractivity contribution in [3.63, 3.8) is 0 Å². The molecule has 6 heteroatoms. The highest BCUT2D eigenvalue weighted by Gasteiger charge is 2.18. The minimum atomic E-state index is 0.643. The van der Waals surface area contributed by atoms with Crippen LogP contribution < -0.4 is 28.4 Å². The van der Waals surface area contributed by atoms with Crippen molar-refractivity contribution >= 4 is 48.6 Å². The molecule has 140 heavy (non-hydrogen) atoms. The van der Waals surface area contributed by atoms with Gasteiger partial charge < -0.3 is 28.4 Å². The van der Waals surface area contributed by atoms with Crippen molar-refractivity contribution in [2.45, 2.75) is 581 Å². The van der Waals surface area contributed by atoms with Gasteiger partial charge in [0.25, 0.3) is 0 Å². The van der Waals surface area contributed by atoms with Crippen LogP contribution in [0.1, 0.15) is 625 Å². The molecular weight excluding hydrogens is 1710 g/mol. The number of hydrogen-bond acceptors (Lipinski definition) is 6. The highest BCUT2D eigenvalue weighted by molar-refractivity contribution is 5.84. The molecule has 0 atom stereocenters. The highest BCUT2D eigenvalue weighted by Crippen LogP contribution is 2.39. The molecular formula is C134H222O6. The topological polar surface area (TPSA) is 55.4 Å². The van der Waals surface area contributed by atoms with Gasteiger partial charge in [-0.25, -0.2) is 0 Å². The predicted molar refractivity (Wildman–Crippen MR) is 623 cm³/mol. The van der Waals surface area contributed by atoms with Crippen LogP contribution in [-0.2, 0) is 0 Å². The summed E-state index contributed by atoms with van der Waals surface area (Å²) in [6.45, 7) is 17.9. The van der Waals surface area contributed by atoms with Crippen LogP contribution in [0.5, 0.6) is 34.5 Å². The summed E-state index contributed by atoms with van der Waals surface area (Å²) < 4.78 is 42.9. The lowest BCUT2D eigenvalue weighted by atomic mass is 10.0. The molecule has 0 aliphatic heterocycles. The minimum absolute atomic E-state index is 0.643. The Morgan fingerprint density at radius 1 is 0.129 bits per heavy atom. The van der Waals surface area contributed by atoms with Crippen LogP contribution in [0.25, 0.3) is 48.6 Å². The van der Waals surface area contributed by atoms with Crippen LogP contribution in [0.3, 0.4) is 0 Å². The average molecular weight is 1930 g/mol. The number of hydrogen-bond donors (Lipinski definition) is 0. The molecule has 0 saturated carbocycles. The predicted octanol–water partition coefficient (Wildman–Crippen LogP) is 45.5. The molecule has 5 aromatic rings. The van der Waals surface area contributed by atoms with Crippen LogP contribution in [0.15, 0.2) is 97.1 Å². The fourth-order valence-electron chi connectivity index (χ4n) is 20.0. The van der Waals surface area contributed by atoms with E-state index in [1.54, 1.807) is 0 Å². The summed E-state index contributed by atoms with van der Waals surface area (Å²) in [5.41, 5.74) is 8.47. The first kappa shape index (κ1) is 124. The van der Waals surface area contributed by atoms with E-state index in [0.717, 1.165) is 119 Å². The van der Waals surface area contributed by atoms with Gasteiger partial charge in [0.1, 0.15) is 34.5 Å². The van der Waals surface area contributed by atoms with Gasteiger partial charge in [-0.15, -0.1) is 0 Å². The van der Waals surface area contributed by atoms with Crippen LogP contribution >= 0.6 is 0 Å². The molecule has 6 nitrogen and oxygen atoms in total. The third kappa shape index (κ3) is 69.8. The van der Waals surface area contributed by atoms with E-state index < -0.39 is 0 Å². The maximum absolute atomic E-state index is 7.28. The normalized spacial score (nSPS) is 11.8. The largest absolute Gasteiger partial charge is 0.493 e. The van der Waals surface area contributed by atoms with E-state index in [9.17, 15) is 0 Å². The Hall–Kier alpha value is -6.14. The van der Waals surface area contributed by atoms with E-state index in [1.165, 1.54) is 499 Å². The zero-order valence-corrected chi connectivity index (χ0v) is 92.9. The monoisotopic (exact) mass is 1930 g/mol. The lowest BCUT2D eigenvalue weighted by Gasteiger charge is -2.17. The molecule has 0 bridgehead atoms. The van der Waals surface area contributed by atoms with E-state index in [4.69, 9.17) is 28.4 Å². The van der Waals surface area contributed by atoms with E-state index in [0.29, 0.717) is 39.6 Å². The Morgan fingerprint density at radius 2 is 0.236 bits per heavy atom. The van der Waals surface area contributed by atoms with Gasteiger partial charge in [-0.1, -0.05) is 652 Å². The van der Waals surface area contributed by atoms with Gasteiger partial charge in [-0.2, -0.15) is 0 Å². The number of ether oxygens (including phenoxy) is 6. The summed E-state index contributed by atoms with van der Waals surface area (Å²) in [6, 6.07) is 35.2. The van der Waals surface area contributed by atoms with Crippen molar-refractivity contribution in [2.75, 3.05) is 39.6 Å². The third-order valence-electron chi connectivity index (χ3n) is 29.4. The summed E-state index contributed by atoms with van der Waals surface area (Å²) in [7, 11) is 0. The molecule has 5 rings (SSSR count). The van der Waals surface area contributed by atoms with Gasteiger partial charge in [0, 0.05) is 33.4 Å². The standard InChI is InChI=1S/C134H222O6/c1-7-13-19-25-31-37-43-49-55-61-67-73-79-91-109-135-129-117-125(131(115-123(129)103-101-121-97-87-85-88-98-121)137-111-93-81-75-69-63-57-51-45-39-33-27-21-15-9-3)105-107-127-119-134(140-114-96-84-78-72-66-60-54-48-42-36-30-24-18-12-6)128(120-133(127)139-113-95-83-77-71-65-59-53-47-41-35-29-23-17-11-5)108-106-126-118-130(136-110-92-80-74-68-62-56-50-44-38-32-26-20-14-8-2)124(104-102-122-99-89-86-90-100-122)116-132(126)138-112-94-82-76-70-64-58-52-46-40-34-28-22-16-10-4/h85-90,97-108,115-120H,7-84,91-96,109-114H2,1-6H3/b103-101+,104-102+,107-105+,108-106+. The fraction of sp³-hybridized carbons (Fsp3) is 0.716. The fourth-order valence-corrected chi connectivity index (χ4v) is 20.0. The maximum Gasteiger partial charge on any atom is 0.127 e. The van der Waals surface area contributed by atoms with Crippen molar-refractivity contribution in [3.8, 4) is 34.5 Å². The van der Waals surface area contributed by atoms with Gasteiger partial charge >= 0.3 is 0 Å². The van der Waals surface area contributed by atoms with E-state index in [2.05, 4.69) is 187 Å². The SMILES string of the molecule is CCCCCCCCCCCCCCCCOc1cc(/C=C/c2cc(OCCCCCCCCCCCCCCCC)c(/C=C/c3cc(OCCCCCCCCCCCCCCCC)c(/C=C/c4ccccc4)cc3OCCCCCCCCCCCCCCCC)cc2OCCCCCCCCCCCCCCCC)c(OCCCCCCCCCCCCCCCC)cc1/C=C/c1ccccc1. The second kappa shape index (κ2) is 95.1. The maximum atomic E-state index is 7.28. The second-order valence-corrected chi connectivity index (χ2v) is 42.6. The number of benzene rings is 5. The molecule has 794 valence electrons. The van der Waals surface area contributed by atoms with Crippen molar-refractivity contribution < 1.29 is 28.4 Å². The smallest absolute Gasteiger partial charge is 0.127 e. The lowest BCUT2D eigenvalue weighted by Crippen LogP contribution is -2.04. The minimum Gasteiger partial charge on any atom is -0.493 e. The molecule has 0 amide bonds. The summed E-state index contributed by atoms with van der Waals surface area (Å²) in [5.74, 6) is 5.31. The number of unbranched alkanes of at least 4 members (excludes halogenated alkanes) is 78. The molecule has 0 radical (unpaired) electrons. The third-order valence-corrected chi connectivity index (χ3v) is 29.4. The first-order valence-corrected chi connectivity index (χ1v) is 61.6. The van der Waals surface area contributed by atoms with Crippen LogP contribution in [0.4, 0.5) is 0 Å². The van der Waals surface area contributed by atoms with Crippen LogP contribution in [0, 0.1) is 0 Å². The Bertz CT molecular complexity index is 3400. The van der Waals surface area contributed by atoms with Crippen molar-refractivity contribution in [1.29, 1.82) is 0 Å². The summed E-state index contributed by atoms with van der Waals surface area (Å²) in [4.78, 5) is 0. The Balaban J connectivity index is 1.58. The molecule has 0 fully saturated rings. The van der Waals surface area contributed by atoms with Gasteiger partial charge in [0.2, 0.25) is 0 Å². The van der Waals surface area contributed by atoms with Crippen molar-refractivity contribution in [1.82, 2.24) is 0 Å². The highest BCUT2D eigenvalue weighted by atomic mass is 16.5. The van der Waals surface area contributed by atoms with Gasteiger partial charge in [0.05, 0.1) is 39.6 Å². The summed E-state index contributed by atoms with van der Waals surface area (Å²) in [6.07, 6.45) is 130. The molecule has 0 aromatic heterocycles. The molecule has 0 saturated heterocycles. The zero-order valence-electron chi connectivity index (χ0n) is 92.9. The molecule has 0 unspecified atom stereocenters. The Labute approximate surface area is 868 Å². The van der Waals surface area contributed by atoms with E-state index >= 15 is 0 Å². The summed E-state index contributed by atoms with van der Waals surface area (Å²) >= 11 is 0. The first-order chi connectivity index (χ1) is 69.5. The van der Waals surface area contributed by atoms with Crippen LogP contribution in [-0.4, -0.2) is 39.6 Å². The van der Waals surface area contributed by atoms with Crippen molar-refractivity contribution in [3.05, 3.63) is 142 Å². The number of rotatable bonds is 104. The quantitative estimate of drug-likeness (QED) is 0.0286. The Morgan fingerprint density at radius 3 is 0.357 bits per heavy atom. The van der Waals surface area contributed by atoms with Gasteiger partial charge in [-0.3, -0.25) is 0 Å². The Kier molecular flexibility index (Phi) is 84.4. The molecule has 0 N–H and O–H groups in total. The molecule has 0 heterocycles. The molecule has 0 aliphatic rings. The average Bonchev–Trinajstić information content (AvgIpc) is 0.801. The van der Waals surface area contributed by atoms with Crippen molar-refractivity contribution in [2.24, 2.45) is 0 Å². The lowest BCUT2D eigenvalue weighted by molar-refractivity contribution is 0.295.